The third-order valence-corrected chi connectivity index (χ3v) is 4.09. The highest BCUT2D eigenvalue weighted by Gasteiger charge is 2.30. The summed E-state index contributed by atoms with van der Waals surface area (Å²) in [6, 6.07) is 7.38. The molecule has 1 aliphatic rings. The van der Waals surface area contributed by atoms with Gasteiger partial charge in [-0.1, -0.05) is 34.7 Å². The van der Waals surface area contributed by atoms with Gasteiger partial charge < -0.3 is 5.73 Å². The highest BCUT2D eigenvalue weighted by molar-refractivity contribution is 14.1. The molecule has 2 nitrogen and oxygen atoms in total. The van der Waals surface area contributed by atoms with Crippen molar-refractivity contribution in [3.8, 4) is 0 Å². The van der Waals surface area contributed by atoms with Crippen LogP contribution in [0.25, 0.3) is 0 Å². The Morgan fingerprint density at radius 2 is 2.29 bits per heavy atom. The van der Waals surface area contributed by atoms with E-state index in [1.54, 1.807) is 12.1 Å². The van der Waals surface area contributed by atoms with Crippen molar-refractivity contribution >= 4 is 22.6 Å². The van der Waals surface area contributed by atoms with Gasteiger partial charge in [0.25, 0.3) is 0 Å². The molecule has 2 N–H and O–H groups in total. The first-order valence-electron chi connectivity index (χ1n) is 5.99. The number of benzene rings is 1. The van der Waals surface area contributed by atoms with Crippen molar-refractivity contribution in [2.45, 2.75) is 35.9 Å². The number of hydrogen-bond donors (Lipinski definition) is 1. The van der Waals surface area contributed by atoms with E-state index < -0.39 is 0 Å². The van der Waals surface area contributed by atoms with E-state index >= 15 is 0 Å². The standard InChI is InChI=1S/C13H18FIN2/c1-9(15)17-6-5-12(16)8-13(17)10-3-2-4-11(14)7-10/h2-4,7,9,12-13H,5-6,8,16H2,1H3/t9?,12-,13+/m1/s1. The van der Waals surface area contributed by atoms with E-state index in [9.17, 15) is 4.39 Å². The molecule has 1 aromatic carbocycles. The molecule has 1 heterocycles. The summed E-state index contributed by atoms with van der Waals surface area (Å²) in [7, 11) is 0. The molecule has 17 heavy (non-hydrogen) atoms. The van der Waals surface area contributed by atoms with Crippen molar-refractivity contribution < 1.29 is 4.39 Å². The van der Waals surface area contributed by atoms with Crippen LogP contribution in [0.4, 0.5) is 4.39 Å². The average Bonchev–Trinajstić information content (AvgIpc) is 2.28. The predicted molar refractivity (Wildman–Crippen MR) is 76.5 cm³/mol. The first-order valence-corrected chi connectivity index (χ1v) is 7.23. The highest BCUT2D eigenvalue weighted by atomic mass is 127. The fourth-order valence-electron chi connectivity index (χ4n) is 2.48. The van der Waals surface area contributed by atoms with Gasteiger partial charge in [0.2, 0.25) is 0 Å². The van der Waals surface area contributed by atoms with Gasteiger partial charge in [-0.3, -0.25) is 4.90 Å². The maximum atomic E-state index is 13.3. The van der Waals surface area contributed by atoms with Gasteiger partial charge in [-0.15, -0.1) is 0 Å². The lowest BCUT2D eigenvalue weighted by Crippen LogP contribution is -2.44. The monoisotopic (exact) mass is 348 g/mol. The van der Waals surface area contributed by atoms with Gasteiger partial charge in [-0.25, -0.2) is 4.39 Å². The third kappa shape index (κ3) is 3.17. The molecule has 94 valence electrons. The molecular weight excluding hydrogens is 330 g/mol. The molecule has 1 unspecified atom stereocenters. The van der Waals surface area contributed by atoms with Crippen molar-refractivity contribution in [2.24, 2.45) is 5.73 Å². The zero-order chi connectivity index (χ0) is 12.4. The lowest BCUT2D eigenvalue weighted by atomic mass is 9.92. The third-order valence-electron chi connectivity index (χ3n) is 3.37. The summed E-state index contributed by atoms with van der Waals surface area (Å²) >= 11 is 2.41. The fourth-order valence-corrected chi connectivity index (χ4v) is 3.14. The molecule has 1 aromatic rings. The minimum Gasteiger partial charge on any atom is -0.328 e. The number of nitrogens with zero attached hydrogens (tertiary/aromatic N) is 1. The van der Waals surface area contributed by atoms with Crippen LogP contribution < -0.4 is 5.73 Å². The molecule has 0 aliphatic carbocycles. The lowest BCUT2D eigenvalue weighted by Gasteiger charge is -2.40. The van der Waals surface area contributed by atoms with Crippen LogP contribution in [0.15, 0.2) is 24.3 Å². The molecule has 0 saturated carbocycles. The van der Waals surface area contributed by atoms with Crippen molar-refractivity contribution in [1.82, 2.24) is 4.90 Å². The van der Waals surface area contributed by atoms with Gasteiger partial charge in [-0.05, 0) is 37.5 Å². The summed E-state index contributed by atoms with van der Waals surface area (Å²) in [4.78, 5) is 2.40. The van der Waals surface area contributed by atoms with Crippen LogP contribution in [0.1, 0.15) is 31.4 Å². The summed E-state index contributed by atoms with van der Waals surface area (Å²) < 4.78 is 13.7. The second-order valence-electron chi connectivity index (χ2n) is 4.67. The number of nitrogens with two attached hydrogens (primary N) is 1. The van der Waals surface area contributed by atoms with E-state index in [1.165, 1.54) is 6.07 Å². The largest absolute Gasteiger partial charge is 0.328 e. The summed E-state index contributed by atoms with van der Waals surface area (Å²) in [6.07, 6.45) is 1.94. The Hall–Kier alpha value is -0.200. The Labute approximate surface area is 116 Å². The average molecular weight is 348 g/mol. The van der Waals surface area contributed by atoms with E-state index in [1.807, 2.05) is 6.07 Å². The first-order chi connectivity index (χ1) is 8.08. The molecule has 0 spiro atoms. The molecular formula is C13H18FIN2. The Morgan fingerprint density at radius 3 is 2.94 bits per heavy atom. The topological polar surface area (TPSA) is 29.3 Å². The van der Waals surface area contributed by atoms with E-state index in [0.29, 0.717) is 4.05 Å². The Balaban J connectivity index is 2.25. The SMILES string of the molecule is CC(I)N1CC[C@@H](N)C[C@H]1c1cccc(F)c1. The van der Waals surface area contributed by atoms with E-state index in [0.717, 1.165) is 24.9 Å². The summed E-state index contributed by atoms with van der Waals surface area (Å²) in [6.45, 7) is 3.16. The van der Waals surface area contributed by atoms with Gasteiger partial charge >= 0.3 is 0 Å². The van der Waals surface area contributed by atoms with Crippen LogP contribution in [0, 0.1) is 5.82 Å². The smallest absolute Gasteiger partial charge is 0.123 e. The molecule has 1 aliphatic heterocycles. The van der Waals surface area contributed by atoms with Crippen LogP contribution in [0.2, 0.25) is 0 Å². The van der Waals surface area contributed by atoms with Gasteiger partial charge in [0, 0.05) is 18.6 Å². The second-order valence-corrected chi connectivity index (χ2v) is 6.47. The molecule has 3 atom stereocenters. The minimum atomic E-state index is -0.164. The number of halogens is 2. The first kappa shape index (κ1) is 13.2. The summed E-state index contributed by atoms with van der Waals surface area (Å²) in [5.74, 6) is -0.164. The summed E-state index contributed by atoms with van der Waals surface area (Å²) in [5.41, 5.74) is 7.09. The van der Waals surface area contributed by atoms with E-state index in [2.05, 4.69) is 34.4 Å². The van der Waals surface area contributed by atoms with Crippen molar-refractivity contribution in [3.05, 3.63) is 35.6 Å². The van der Waals surface area contributed by atoms with Crippen LogP contribution >= 0.6 is 22.6 Å². The number of likely N-dealkylation sites (tertiary alicyclic amines) is 1. The Kier molecular flexibility index (Phi) is 4.38. The maximum absolute atomic E-state index is 13.3. The van der Waals surface area contributed by atoms with Gasteiger partial charge in [0.05, 0.1) is 4.05 Å². The molecule has 1 fully saturated rings. The van der Waals surface area contributed by atoms with Crippen molar-refractivity contribution in [3.63, 3.8) is 0 Å². The molecule has 0 bridgehead atoms. The Bertz CT molecular complexity index is 383. The lowest BCUT2D eigenvalue weighted by molar-refractivity contribution is 0.136. The fraction of sp³-hybridized carbons (Fsp3) is 0.538. The van der Waals surface area contributed by atoms with Crippen molar-refractivity contribution in [2.75, 3.05) is 6.54 Å². The van der Waals surface area contributed by atoms with Crippen molar-refractivity contribution in [1.29, 1.82) is 0 Å². The zero-order valence-electron chi connectivity index (χ0n) is 9.94. The molecule has 1 saturated heterocycles. The number of alkyl halides is 1. The van der Waals surface area contributed by atoms with Crippen LogP contribution in [-0.4, -0.2) is 21.5 Å². The predicted octanol–water partition coefficient (Wildman–Crippen LogP) is 3.07. The van der Waals surface area contributed by atoms with Gasteiger partial charge in [0.15, 0.2) is 0 Å². The number of piperidine rings is 1. The molecule has 0 radical (unpaired) electrons. The normalized spacial score (nSPS) is 28.0. The van der Waals surface area contributed by atoms with E-state index in [-0.39, 0.29) is 17.9 Å². The Morgan fingerprint density at radius 1 is 1.53 bits per heavy atom. The van der Waals surface area contributed by atoms with E-state index in [4.69, 9.17) is 5.73 Å². The van der Waals surface area contributed by atoms with Gasteiger partial charge in [-0.2, -0.15) is 0 Å². The second kappa shape index (κ2) is 5.63. The van der Waals surface area contributed by atoms with Crippen LogP contribution in [0.3, 0.4) is 0 Å². The number of rotatable bonds is 2. The highest BCUT2D eigenvalue weighted by Crippen LogP contribution is 2.33. The number of hydrogen-bond acceptors (Lipinski definition) is 2. The maximum Gasteiger partial charge on any atom is 0.123 e. The zero-order valence-corrected chi connectivity index (χ0v) is 12.1. The molecule has 2 rings (SSSR count). The summed E-state index contributed by atoms with van der Waals surface area (Å²) in [5, 5.41) is 0. The molecule has 4 heteroatoms. The van der Waals surface area contributed by atoms with Crippen LogP contribution in [-0.2, 0) is 0 Å². The quantitative estimate of drug-likeness (QED) is 0.506. The minimum absolute atomic E-state index is 0.164. The molecule has 0 amide bonds. The van der Waals surface area contributed by atoms with Crippen LogP contribution in [0.5, 0.6) is 0 Å². The molecule has 0 aromatic heterocycles. The van der Waals surface area contributed by atoms with Gasteiger partial charge in [0.1, 0.15) is 5.82 Å².